The van der Waals surface area contributed by atoms with Crippen molar-refractivity contribution in [2.75, 3.05) is 5.75 Å². The minimum Gasteiger partial charge on any atom is -0.293 e. The fourth-order valence-electron chi connectivity index (χ4n) is 1.12. The van der Waals surface area contributed by atoms with E-state index in [4.69, 9.17) is 11.6 Å². The minimum atomic E-state index is -0.429. The molecule has 1 unspecified atom stereocenters. The summed E-state index contributed by atoms with van der Waals surface area (Å²) in [6.45, 7) is 4.13. The molecule has 0 aromatic heterocycles. The summed E-state index contributed by atoms with van der Waals surface area (Å²) in [7, 11) is 0. The average Bonchev–Trinajstić information content (AvgIpc) is 2.28. The molecule has 1 aromatic carbocycles. The Morgan fingerprint density at radius 1 is 1.56 bits per heavy atom. The van der Waals surface area contributed by atoms with Gasteiger partial charge in [0.2, 0.25) is 0 Å². The molecule has 0 saturated carbocycles. The van der Waals surface area contributed by atoms with Crippen LogP contribution in [0.2, 0.25) is 5.02 Å². The fourth-order valence-corrected chi connectivity index (χ4v) is 2.17. The van der Waals surface area contributed by atoms with Crippen molar-refractivity contribution in [1.82, 2.24) is 0 Å². The zero-order valence-corrected chi connectivity index (χ0v) is 10.9. The molecular weight excluding hydrogens is 247 g/mol. The molecule has 16 heavy (non-hydrogen) atoms. The van der Waals surface area contributed by atoms with E-state index in [1.54, 1.807) is 11.8 Å². The number of hydrogen-bond acceptors (Lipinski definition) is 2. The summed E-state index contributed by atoms with van der Waals surface area (Å²) in [6, 6.07) is 3.86. The highest BCUT2D eigenvalue weighted by molar-refractivity contribution is 8.00. The molecule has 88 valence electrons. The van der Waals surface area contributed by atoms with Crippen molar-refractivity contribution in [3.05, 3.63) is 34.6 Å². The van der Waals surface area contributed by atoms with Crippen LogP contribution < -0.4 is 0 Å². The highest BCUT2D eigenvalue weighted by Gasteiger charge is 2.12. The third kappa shape index (κ3) is 3.80. The highest BCUT2D eigenvalue weighted by Crippen LogP contribution is 2.21. The Labute approximate surface area is 104 Å². The van der Waals surface area contributed by atoms with Crippen molar-refractivity contribution in [3.63, 3.8) is 0 Å². The predicted molar refractivity (Wildman–Crippen MR) is 68.0 cm³/mol. The first-order valence-electron chi connectivity index (χ1n) is 5.14. The van der Waals surface area contributed by atoms with Crippen molar-refractivity contribution in [1.29, 1.82) is 0 Å². The first kappa shape index (κ1) is 13.5. The Bertz CT molecular complexity index is 381. The van der Waals surface area contributed by atoms with Gasteiger partial charge in [0.15, 0.2) is 5.78 Å². The third-order valence-corrected chi connectivity index (χ3v) is 3.96. The van der Waals surface area contributed by atoms with Crippen molar-refractivity contribution in [2.45, 2.75) is 25.5 Å². The van der Waals surface area contributed by atoms with E-state index in [1.165, 1.54) is 18.2 Å². The predicted octanol–water partition coefficient (Wildman–Crippen LogP) is 4.19. The lowest BCUT2D eigenvalue weighted by Crippen LogP contribution is -2.07. The molecule has 0 aliphatic heterocycles. The molecule has 0 saturated heterocycles. The van der Waals surface area contributed by atoms with Crippen molar-refractivity contribution in [3.8, 4) is 0 Å². The van der Waals surface area contributed by atoms with E-state index in [0.717, 1.165) is 6.42 Å². The lowest BCUT2D eigenvalue weighted by atomic mass is 10.1. The first-order chi connectivity index (χ1) is 7.54. The maximum absolute atomic E-state index is 13.0. The van der Waals surface area contributed by atoms with E-state index in [2.05, 4.69) is 13.8 Å². The summed E-state index contributed by atoms with van der Waals surface area (Å²) in [4.78, 5) is 11.8. The maximum Gasteiger partial charge on any atom is 0.174 e. The van der Waals surface area contributed by atoms with E-state index < -0.39 is 5.82 Å². The van der Waals surface area contributed by atoms with Gasteiger partial charge in [-0.05, 0) is 24.6 Å². The Morgan fingerprint density at radius 2 is 2.25 bits per heavy atom. The minimum absolute atomic E-state index is 0.116. The number of Topliss-reactive ketones (excluding diaryl/α,β-unsaturated/α-hetero) is 1. The first-order valence-corrected chi connectivity index (χ1v) is 6.57. The second kappa shape index (κ2) is 6.26. The molecule has 0 heterocycles. The third-order valence-electron chi connectivity index (χ3n) is 2.30. The van der Waals surface area contributed by atoms with Gasteiger partial charge in [0, 0.05) is 10.8 Å². The van der Waals surface area contributed by atoms with Gasteiger partial charge in [-0.2, -0.15) is 11.8 Å². The van der Waals surface area contributed by atoms with Crippen LogP contribution in [-0.2, 0) is 0 Å². The molecule has 4 heteroatoms. The normalized spacial score (nSPS) is 12.5. The van der Waals surface area contributed by atoms with Crippen molar-refractivity contribution in [2.24, 2.45) is 0 Å². The molecule has 0 bridgehead atoms. The van der Waals surface area contributed by atoms with Crippen LogP contribution in [0.25, 0.3) is 0 Å². The number of ketones is 1. The second-order valence-electron chi connectivity index (χ2n) is 3.58. The Kier molecular flexibility index (Phi) is 5.29. The molecule has 1 atom stereocenters. The second-order valence-corrected chi connectivity index (χ2v) is 5.41. The molecule has 0 amide bonds. The van der Waals surface area contributed by atoms with Crippen molar-refractivity contribution >= 4 is 29.1 Å². The summed E-state index contributed by atoms with van der Waals surface area (Å²) in [5.74, 6) is -0.200. The summed E-state index contributed by atoms with van der Waals surface area (Å²) >= 11 is 7.41. The summed E-state index contributed by atoms with van der Waals surface area (Å²) in [5, 5.41) is 0.743. The van der Waals surface area contributed by atoms with Crippen LogP contribution in [0.4, 0.5) is 4.39 Å². The molecule has 0 aliphatic carbocycles. The zero-order valence-electron chi connectivity index (χ0n) is 9.30. The van der Waals surface area contributed by atoms with E-state index >= 15 is 0 Å². The van der Waals surface area contributed by atoms with Gasteiger partial charge in [-0.15, -0.1) is 0 Å². The monoisotopic (exact) mass is 260 g/mol. The van der Waals surface area contributed by atoms with E-state index in [9.17, 15) is 9.18 Å². The molecule has 0 spiro atoms. The van der Waals surface area contributed by atoms with Crippen LogP contribution in [0.5, 0.6) is 0 Å². The van der Waals surface area contributed by atoms with Gasteiger partial charge < -0.3 is 0 Å². The standard InChI is InChI=1S/C12H14ClFOS/c1-3-8(2)16-7-12(15)10-6-9(14)4-5-11(10)13/h4-6,8H,3,7H2,1-2H3. The van der Waals surface area contributed by atoms with Crippen molar-refractivity contribution < 1.29 is 9.18 Å². The largest absolute Gasteiger partial charge is 0.293 e. The zero-order chi connectivity index (χ0) is 12.1. The van der Waals surface area contributed by atoms with Gasteiger partial charge in [0.25, 0.3) is 0 Å². The molecule has 0 aliphatic rings. The smallest absolute Gasteiger partial charge is 0.174 e. The Balaban J connectivity index is 2.69. The number of hydrogen-bond donors (Lipinski definition) is 0. The van der Waals surface area contributed by atoms with Gasteiger partial charge >= 0.3 is 0 Å². The van der Waals surface area contributed by atoms with Gasteiger partial charge in [0.1, 0.15) is 5.82 Å². The fraction of sp³-hybridized carbons (Fsp3) is 0.417. The number of rotatable bonds is 5. The molecule has 1 nitrogen and oxygen atoms in total. The lowest BCUT2D eigenvalue weighted by molar-refractivity contribution is 0.102. The van der Waals surface area contributed by atoms with Crippen LogP contribution in [-0.4, -0.2) is 16.8 Å². The van der Waals surface area contributed by atoms with E-state index in [-0.39, 0.29) is 11.3 Å². The summed E-state index contributed by atoms with van der Waals surface area (Å²) < 4.78 is 13.0. The van der Waals surface area contributed by atoms with Gasteiger partial charge in [0.05, 0.1) is 10.8 Å². The summed E-state index contributed by atoms with van der Waals surface area (Å²) in [5.41, 5.74) is 0.275. The van der Waals surface area contributed by atoms with Crippen LogP contribution in [0.3, 0.4) is 0 Å². The maximum atomic E-state index is 13.0. The Hall–Kier alpha value is -0.540. The van der Waals surface area contributed by atoms with E-state index in [1.807, 2.05) is 0 Å². The number of benzene rings is 1. The number of carbonyl (C=O) groups excluding carboxylic acids is 1. The number of carbonyl (C=O) groups is 1. The van der Waals surface area contributed by atoms with Crippen LogP contribution in [0.15, 0.2) is 18.2 Å². The molecule has 1 aromatic rings. The molecule has 0 fully saturated rings. The number of thioether (sulfide) groups is 1. The van der Waals surface area contributed by atoms with Gasteiger partial charge in [-0.3, -0.25) is 4.79 Å². The quantitative estimate of drug-likeness (QED) is 0.739. The lowest BCUT2D eigenvalue weighted by Gasteiger charge is -2.08. The molecule has 0 N–H and O–H groups in total. The molecular formula is C12H14ClFOS. The van der Waals surface area contributed by atoms with Crippen LogP contribution in [0.1, 0.15) is 30.6 Å². The van der Waals surface area contributed by atoms with Gasteiger partial charge in [-0.25, -0.2) is 4.39 Å². The molecule has 1 rings (SSSR count). The average molecular weight is 261 g/mol. The summed E-state index contributed by atoms with van der Waals surface area (Å²) in [6.07, 6.45) is 1.01. The van der Waals surface area contributed by atoms with E-state index in [0.29, 0.717) is 16.0 Å². The number of halogens is 2. The van der Waals surface area contributed by atoms with Gasteiger partial charge in [-0.1, -0.05) is 25.4 Å². The topological polar surface area (TPSA) is 17.1 Å². The highest BCUT2D eigenvalue weighted by atomic mass is 35.5. The molecule has 0 radical (unpaired) electrons. The van der Waals surface area contributed by atoms with Crippen LogP contribution >= 0.6 is 23.4 Å². The Morgan fingerprint density at radius 3 is 2.88 bits per heavy atom. The van der Waals surface area contributed by atoms with Crippen LogP contribution in [0, 0.1) is 5.82 Å². The SMILES string of the molecule is CCC(C)SCC(=O)c1cc(F)ccc1Cl.